The van der Waals surface area contributed by atoms with Crippen molar-refractivity contribution in [3.05, 3.63) is 41.1 Å². The summed E-state index contributed by atoms with van der Waals surface area (Å²) >= 11 is 0. The summed E-state index contributed by atoms with van der Waals surface area (Å²) in [6.07, 6.45) is 3.30. The number of cyclic esters (lactones) is 2. The number of esters is 2. The van der Waals surface area contributed by atoms with Gasteiger partial charge >= 0.3 is 11.9 Å². The van der Waals surface area contributed by atoms with Crippen LogP contribution in [0.4, 0.5) is 5.69 Å². The monoisotopic (exact) mass is 358 g/mol. The lowest BCUT2D eigenvalue weighted by Gasteiger charge is -2.29. The van der Waals surface area contributed by atoms with Gasteiger partial charge in [-0.15, -0.1) is 0 Å². The summed E-state index contributed by atoms with van der Waals surface area (Å²) < 4.78 is 10.1. The summed E-state index contributed by atoms with van der Waals surface area (Å²) in [6, 6.07) is 5.31. The van der Waals surface area contributed by atoms with Gasteiger partial charge in [-0.25, -0.2) is 9.59 Å². The number of amides is 1. The Labute approximate surface area is 151 Å². The molecule has 0 unspecified atom stereocenters. The molecule has 26 heavy (non-hydrogen) atoms. The number of nitrogens with zero attached hydrogens (tertiary/aromatic N) is 1. The first-order valence-corrected chi connectivity index (χ1v) is 8.61. The summed E-state index contributed by atoms with van der Waals surface area (Å²) in [4.78, 5) is 38.4. The van der Waals surface area contributed by atoms with Crippen LogP contribution >= 0.6 is 0 Å². The van der Waals surface area contributed by atoms with Crippen molar-refractivity contribution in [2.24, 2.45) is 0 Å². The Balaban J connectivity index is 1.80. The van der Waals surface area contributed by atoms with Crippen LogP contribution in [0.25, 0.3) is 0 Å². The fraction of sp³-hybridized carbons (Fsp3) is 0.421. The van der Waals surface area contributed by atoms with E-state index in [1.165, 1.54) is 20.0 Å². The summed E-state index contributed by atoms with van der Waals surface area (Å²) in [5.41, 5.74) is 1.76. The Hall–Kier alpha value is -2.83. The minimum absolute atomic E-state index is 0.00506. The third kappa shape index (κ3) is 3.56. The highest BCUT2D eigenvalue weighted by Crippen LogP contribution is 2.25. The molecule has 2 aliphatic heterocycles. The molecule has 1 N–H and O–H groups in total. The van der Waals surface area contributed by atoms with Gasteiger partial charge in [0.1, 0.15) is 0 Å². The van der Waals surface area contributed by atoms with Gasteiger partial charge in [0.05, 0.1) is 0 Å². The van der Waals surface area contributed by atoms with Crippen LogP contribution in [0.2, 0.25) is 0 Å². The van der Waals surface area contributed by atoms with E-state index in [4.69, 9.17) is 9.47 Å². The molecule has 0 radical (unpaired) electrons. The zero-order valence-electron chi connectivity index (χ0n) is 15.1. The molecular weight excluding hydrogens is 336 g/mol. The largest absolute Gasteiger partial charge is 0.419 e. The lowest BCUT2D eigenvalue weighted by atomic mass is 10.1. The summed E-state index contributed by atoms with van der Waals surface area (Å²) in [7, 11) is 0. The Morgan fingerprint density at radius 2 is 1.77 bits per heavy atom. The third-order valence-electron chi connectivity index (χ3n) is 4.45. The van der Waals surface area contributed by atoms with Crippen molar-refractivity contribution in [2.75, 3.05) is 18.4 Å². The molecule has 0 aromatic heterocycles. The molecule has 7 nitrogen and oxygen atoms in total. The van der Waals surface area contributed by atoms with Crippen molar-refractivity contribution >= 4 is 23.5 Å². The van der Waals surface area contributed by atoms with E-state index in [1.54, 1.807) is 18.2 Å². The summed E-state index contributed by atoms with van der Waals surface area (Å²) in [5.74, 6) is -2.78. The number of carbonyl (C=O) groups excluding carboxylic acids is 3. The van der Waals surface area contributed by atoms with Crippen molar-refractivity contribution < 1.29 is 23.9 Å². The molecule has 1 aromatic rings. The highest BCUT2D eigenvalue weighted by Gasteiger charge is 2.39. The second-order valence-corrected chi connectivity index (χ2v) is 6.86. The van der Waals surface area contributed by atoms with Crippen molar-refractivity contribution in [2.45, 2.75) is 39.4 Å². The number of hydrogen-bond acceptors (Lipinski definition) is 6. The highest BCUT2D eigenvalue weighted by molar-refractivity contribution is 6.15. The number of nitrogens with one attached hydrogen (secondary N) is 1. The van der Waals surface area contributed by atoms with Crippen LogP contribution in [0.1, 0.15) is 42.6 Å². The van der Waals surface area contributed by atoms with Gasteiger partial charge in [0.2, 0.25) is 0 Å². The van der Waals surface area contributed by atoms with Gasteiger partial charge in [-0.3, -0.25) is 4.79 Å². The van der Waals surface area contributed by atoms with Gasteiger partial charge in [-0.2, -0.15) is 0 Å². The van der Waals surface area contributed by atoms with Gasteiger partial charge < -0.3 is 19.7 Å². The molecular formula is C19H22N2O5. The first kappa shape index (κ1) is 18.0. The molecule has 0 saturated carbocycles. The molecule has 7 heteroatoms. The maximum absolute atomic E-state index is 12.6. The second kappa shape index (κ2) is 6.82. The van der Waals surface area contributed by atoms with Crippen LogP contribution < -0.4 is 5.32 Å². The van der Waals surface area contributed by atoms with Crippen molar-refractivity contribution in [1.82, 2.24) is 4.90 Å². The second-order valence-electron chi connectivity index (χ2n) is 6.86. The van der Waals surface area contributed by atoms with E-state index < -0.39 is 17.7 Å². The molecule has 0 spiro atoms. The van der Waals surface area contributed by atoms with Crippen LogP contribution in [0.3, 0.4) is 0 Å². The molecule has 2 aliphatic rings. The molecule has 0 aliphatic carbocycles. The summed E-state index contributed by atoms with van der Waals surface area (Å²) in [6.45, 7) is 6.35. The number of hydrogen-bond donors (Lipinski definition) is 1. The van der Waals surface area contributed by atoms with E-state index in [-0.39, 0.29) is 11.5 Å². The number of likely N-dealkylation sites (tertiary alicyclic amines) is 1. The fourth-order valence-corrected chi connectivity index (χ4v) is 3.04. The van der Waals surface area contributed by atoms with Gasteiger partial charge in [-0.1, -0.05) is 6.07 Å². The quantitative estimate of drug-likeness (QED) is 0.507. The lowest BCUT2D eigenvalue weighted by molar-refractivity contribution is -0.222. The number of benzene rings is 1. The van der Waals surface area contributed by atoms with Crippen LogP contribution in [-0.2, 0) is 19.1 Å². The van der Waals surface area contributed by atoms with Gasteiger partial charge in [-0.05, 0) is 37.5 Å². The first-order valence-electron chi connectivity index (χ1n) is 8.61. The molecule has 2 heterocycles. The zero-order valence-corrected chi connectivity index (χ0v) is 15.1. The molecule has 2 fully saturated rings. The van der Waals surface area contributed by atoms with Crippen LogP contribution in [0, 0.1) is 6.92 Å². The molecule has 138 valence electrons. The van der Waals surface area contributed by atoms with Gasteiger partial charge in [0, 0.05) is 44.4 Å². The molecule has 0 bridgehead atoms. The predicted octanol–water partition coefficient (Wildman–Crippen LogP) is 2.36. The molecule has 1 aromatic carbocycles. The van der Waals surface area contributed by atoms with E-state index >= 15 is 0 Å². The van der Waals surface area contributed by atoms with Gasteiger partial charge in [0.15, 0.2) is 5.57 Å². The molecule has 2 saturated heterocycles. The average molecular weight is 358 g/mol. The summed E-state index contributed by atoms with van der Waals surface area (Å²) in [5, 5.41) is 2.92. The normalized spacial score (nSPS) is 19.0. The maximum atomic E-state index is 12.6. The molecule has 1 amide bonds. The predicted molar refractivity (Wildman–Crippen MR) is 94.3 cm³/mol. The number of rotatable bonds is 3. The molecule has 3 rings (SSSR count). The first-order chi connectivity index (χ1) is 12.3. The minimum atomic E-state index is -1.27. The number of anilines is 1. The Bertz CT molecular complexity index is 769. The Morgan fingerprint density at radius 1 is 1.15 bits per heavy atom. The van der Waals surface area contributed by atoms with Crippen LogP contribution in [0.15, 0.2) is 30.0 Å². The highest BCUT2D eigenvalue weighted by atomic mass is 16.7. The van der Waals surface area contributed by atoms with Crippen molar-refractivity contribution in [3.63, 3.8) is 0 Å². The number of ether oxygens (including phenoxy) is 2. The van der Waals surface area contributed by atoms with Crippen molar-refractivity contribution in [3.8, 4) is 0 Å². The smallest absolute Gasteiger partial charge is 0.350 e. The van der Waals surface area contributed by atoms with E-state index in [1.807, 2.05) is 11.8 Å². The van der Waals surface area contributed by atoms with Crippen LogP contribution in [0.5, 0.6) is 0 Å². The van der Waals surface area contributed by atoms with E-state index in [0.717, 1.165) is 31.5 Å². The van der Waals surface area contributed by atoms with Crippen molar-refractivity contribution in [1.29, 1.82) is 0 Å². The minimum Gasteiger partial charge on any atom is -0.419 e. The average Bonchev–Trinajstić information content (AvgIpc) is 3.08. The van der Waals surface area contributed by atoms with Crippen LogP contribution in [-0.4, -0.2) is 41.6 Å². The topological polar surface area (TPSA) is 84.9 Å². The number of carbonyl (C=O) groups is 3. The zero-order chi connectivity index (χ0) is 18.9. The maximum Gasteiger partial charge on any atom is 0.350 e. The lowest BCUT2D eigenvalue weighted by Crippen LogP contribution is -2.42. The fourth-order valence-electron chi connectivity index (χ4n) is 3.04. The molecule has 0 atom stereocenters. The Kier molecular flexibility index (Phi) is 4.71. The standard InChI is InChI=1S/C19H22N2O5/c1-12-13(16(22)21-9-4-5-10-21)7-6-8-15(12)20-11-14-17(23)25-19(2,3)26-18(14)24/h6-8,11,20H,4-5,9-10H2,1-3H3. The third-order valence-corrected chi connectivity index (χ3v) is 4.45. The van der Waals surface area contributed by atoms with Gasteiger partial charge in [0.25, 0.3) is 11.7 Å². The Morgan fingerprint density at radius 3 is 2.38 bits per heavy atom. The van der Waals surface area contributed by atoms with E-state index in [2.05, 4.69) is 5.32 Å². The van der Waals surface area contributed by atoms with E-state index in [9.17, 15) is 14.4 Å². The van der Waals surface area contributed by atoms with E-state index in [0.29, 0.717) is 11.3 Å². The SMILES string of the molecule is Cc1c(NC=C2C(=O)OC(C)(C)OC2=O)cccc1C(=O)N1CCCC1.